The van der Waals surface area contributed by atoms with Crippen LogP contribution >= 0.6 is 0 Å². The number of hydrogen-bond acceptors (Lipinski definition) is 3. The number of nitrogens with one attached hydrogen (secondary N) is 3. The van der Waals surface area contributed by atoms with Gasteiger partial charge in [-0.25, -0.2) is 8.42 Å². The average molecular weight is 279 g/mol. The number of anilines is 1. The van der Waals surface area contributed by atoms with Crippen LogP contribution in [0.1, 0.15) is 11.3 Å². The summed E-state index contributed by atoms with van der Waals surface area (Å²) in [6.45, 7) is 2.51. The van der Waals surface area contributed by atoms with Gasteiger partial charge in [-0.1, -0.05) is 12.1 Å². The molecule has 0 saturated heterocycles. The molecule has 1 aromatic heterocycles. The molecular weight excluding hydrogens is 262 g/mol. The number of aromatic amines is 1. The van der Waals surface area contributed by atoms with Gasteiger partial charge in [0.05, 0.1) is 0 Å². The van der Waals surface area contributed by atoms with Crippen molar-refractivity contribution in [3.8, 4) is 0 Å². The monoisotopic (exact) mass is 279 g/mol. The Bertz CT molecular complexity index is 662. The minimum atomic E-state index is -3.54. The maximum atomic E-state index is 12.2. The molecule has 2 aromatic rings. The first-order valence-electron chi connectivity index (χ1n) is 5.92. The van der Waals surface area contributed by atoms with Crippen LogP contribution in [0.4, 0.5) is 5.69 Å². The zero-order valence-electron chi connectivity index (χ0n) is 10.9. The zero-order chi connectivity index (χ0) is 13.9. The Hall–Kier alpha value is -1.79. The lowest BCUT2D eigenvalue weighted by molar-refractivity contribution is 0.601. The molecule has 6 heteroatoms. The van der Waals surface area contributed by atoms with Crippen molar-refractivity contribution in [2.24, 2.45) is 0 Å². The Balaban J connectivity index is 2.22. The minimum Gasteiger partial charge on any atom is -0.363 e. The predicted octanol–water partition coefficient (Wildman–Crippen LogP) is 1.84. The Morgan fingerprint density at radius 2 is 2.05 bits per heavy atom. The quantitative estimate of drug-likeness (QED) is 0.782. The van der Waals surface area contributed by atoms with Crippen LogP contribution < -0.4 is 10.0 Å². The van der Waals surface area contributed by atoms with Gasteiger partial charge in [-0.2, -0.15) is 0 Å². The maximum Gasteiger partial charge on any atom is 0.263 e. The molecule has 0 radical (unpaired) electrons. The van der Waals surface area contributed by atoms with Gasteiger partial charge in [0.1, 0.15) is 4.90 Å². The maximum absolute atomic E-state index is 12.2. The number of H-pyrrole nitrogens is 1. The molecule has 0 aliphatic rings. The van der Waals surface area contributed by atoms with Crippen molar-refractivity contribution in [2.45, 2.75) is 18.4 Å². The molecule has 0 spiro atoms. The van der Waals surface area contributed by atoms with Crippen molar-refractivity contribution >= 4 is 15.7 Å². The molecule has 0 aliphatic heterocycles. The van der Waals surface area contributed by atoms with Crippen molar-refractivity contribution in [3.05, 3.63) is 47.8 Å². The van der Waals surface area contributed by atoms with E-state index in [4.69, 9.17) is 0 Å². The molecule has 19 heavy (non-hydrogen) atoms. The Morgan fingerprint density at radius 1 is 1.26 bits per heavy atom. The van der Waals surface area contributed by atoms with E-state index in [9.17, 15) is 8.42 Å². The molecule has 1 aromatic carbocycles. The van der Waals surface area contributed by atoms with E-state index in [1.54, 1.807) is 25.2 Å². The lowest BCUT2D eigenvalue weighted by atomic mass is 10.2. The SMILES string of the molecule is CNCc1cc(S(=O)(=O)Nc2cccc(C)c2)c[nH]1. The summed E-state index contributed by atoms with van der Waals surface area (Å²) in [6, 6.07) is 8.87. The summed E-state index contributed by atoms with van der Waals surface area (Å²) >= 11 is 0. The fraction of sp³-hybridized carbons (Fsp3) is 0.231. The van der Waals surface area contributed by atoms with Crippen molar-refractivity contribution < 1.29 is 8.42 Å². The topological polar surface area (TPSA) is 74.0 Å². The molecule has 0 aliphatic carbocycles. The van der Waals surface area contributed by atoms with E-state index in [0.717, 1.165) is 11.3 Å². The van der Waals surface area contributed by atoms with Crippen LogP contribution in [0.2, 0.25) is 0 Å². The molecule has 5 nitrogen and oxygen atoms in total. The van der Waals surface area contributed by atoms with Gasteiger partial charge in [0.25, 0.3) is 10.0 Å². The summed E-state index contributed by atoms with van der Waals surface area (Å²) in [7, 11) is -1.73. The van der Waals surface area contributed by atoms with Crippen LogP contribution in [0.15, 0.2) is 41.4 Å². The van der Waals surface area contributed by atoms with E-state index >= 15 is 0 Å². The largest absolute Gasteiger partial charge is 0.363 e. The van der Waals surface area contributed by atoms with Crippen molar-refractivity contribution in [1.29, 1.82) is 0 Å². The van der Waals surface area contributed by atoms with Crippen molar-refractivity contribution in [3.63, 3.8) is 0 Å². The number of sulfonamides is 1. The van der Waals surface area contributed by atoms with Crippen LogP contribution in [0.5, 0.6) is 0 Å². The smallest absolute Gasteiger partial charge is 0.263 e. The highest BCUT2D eigenvalue weighted by Gasteiger charge is 2.16. The van der Waals surface area contributed by atoms with Crippen LogP contribution in [-0.2, 0) is 16.6 Å². The third kappa shape index (κ3) is 3.36. The summed E-state index contributed by atoms with van der Waals surface area (Å²) in [5.74, 6) is 0. The average Bonchev–Trinajstić information content (AvgIpc) is 2.78. The summed E-state index contributed by atoms with van der Waals surface area (Å²) in [4.78, 5) is 3.16. The third-order valence-electron chi connectivity index (χ3n) is 2.66. The number of rotatable bonds is 5. The predicted molar refractivity (Wildman–Crippen MR) is 75.5 cm³/mol. The van der Waals surface area contributed by atoms with Gasteiger partial charge in [0.2, 0.25) is 0 Å². The van der Waals surface area contributed by atoms with E-state index in [-0.39, 0.29) is 4.90 Å². The first-order chi connectivity index (χ1) is 9.01. The Kier molecular flexibility index (Phi) is 3.92. The van der Waals surface area contributed by atoms with E-state index < -0.39 is 10.0 Å². The van der Waals surface area contributed by atoms with E-state index in [1.807, 2.05) is 19.1 Å². The second-order valence-corrected chi connectivity index (χ2v) is 6.05. The number of benzene rings is 1. The van der Waals surface area contributed by atoms with Crippen LogP contribution in [0, 0.1) is 6.92 Å². The first-order valence-corrected chi connectivity index (χ1v) is 7.41. The van der Waals surface area contributed by atoms with Crippen molar-refractivity contribution in [2.75, 3.05) is 11.8 Å². The molecule has 0 atom stereocenters. The first kappa shape index (κ1) is 13.6. The van der Waals surface area contributed by atoms with Gasteiger partial charge >= 0.3 is 0 Å². The molecule has 2 rings (SSSR count). The highest BCUT2D eigenvalue weighted by atomic mass is 32.2. The standard InChI is InChI=1S/C13H17N3O2S/c1-10-4-3-5-11(6-10)16-19(17,18)13-7-12(8-14-2)15-9-13/h3-7,9,14-16H,8H2,1-2H3. The van der Waals surface area contributed by atoms with E-state index in [2.05, 4.69) is 15.0 Å². The lowest BCUT2D eigenvalue weighted by Crippen LogP contribution is -2.12. The summed E-state index contributed by atoms with van der Waals surface area (Å²) in [6.07, 6.45) is 1.49. The van der Waals surface area contributed by atoms with Gasteiger partial charge < -0.3 is 10.3 Å². The lowest BCUT2D eigenvalue weighted by Gasteiger charge is -2.06. The zero-order valence-corrected chi connectivity index (χ0v) is 11.7. The highest BCUT2D eigenvalue weighted by Crippen LogP contribution is 2.17. The molecule has 0 unspecified atom stereocenters. The second kappa shape index (κ2) is 5.46. The normalized spacial score (nSPS) is 11.5. The molecule has 102 valence electrons. The van der Waals surface area contributed by atoms with Crippen molar-refractivity contribution in [1.82, 2.24) is 10.3 Å². The molecule has 3 N–H and O–H groups in total. The van der Waals surface area contributed by atoms with Crippen LogP contribution in [-0.4, -0.2) is 20.4 Å². The van der Waals surface area contributed by atoms with E-state index in [1.165, 1.54) is 6.20 Å². The van der Waals surface area contributed by atoms with Gasteiger partial charge in [-0.05, 0) is 37.7 Å². The minimum absolute atomic E-state index is 0.235. The Morgan fingerprint density at radius 3 is 2.74 bits per heavy atom. The molecular formula is C13H17N3O2S. The number of aryl methyl sites for hydroxylation is 1. The highest BCUT2D eigenvalue weighted by molar-refractivity contribution is 7.92. The Labute approximate surface area is 113 Å². The molecule has 0 saturated carbocycles. The number of hydrogen-bond donors (Lipinski definition) is 3. The number of aromatic nitrogens is 1. The van der Waals surface area contributed by atoms with Crippen LogP contribution in [0.25, 0.3) is 0 Å². The summed E-state index contributed by atoms with van der Waals surface area (Å²) in [5.41, 5.74) is 2.40. The summed E-state index contributed by atoms with van der Waals surface area (Å²) < 4.78 is 26.9. The second-order valence-electron chi connectivity index (χ2n) is 4.37. The van der Waals surface area contributed by atoms with E-state index in [0.29, 0.717) is 12.2 Å². The van der Waals surface area contributed by atoms with Gasteiger partial charge in [-0.3, -0.25) is 4.72 Å². The fourth-order valence-corrected chi connectivity index (χ4v) is 2.86. The molecule has 0 fully saturated rings. The van der Waals surface area contributed by atoms with Gasteiger partial charge in [0.15, 0.2) is 0 Å². The molecule has 0 bridgehead atoms. The third-order valence-corrected chi connectivity index (χ3v) is 4.02. The summed E-state index contributed by atoms with van der Waals surface area (Å²) in [5, 5.41) is 2.96. The van der Waals surface area contributed by atoms with Gasteiger partial charge in [-0.15, -0.1) is 0 Å². The molecule has 0 amide bonds. The fourth-order valence-electron chi connectivity index (χ4n) is 1.79. The van der Waals surface area contributed by atoms with Crippen LogP contribution in [0.3, 0.4) is 0 Å². The van der Waals surface area contributed by atoms with Gasteiger partial charge in [0, 0.05) is 24.1 Å². The molecule has 1 heterocycles.